The first-order valence-corrected chi connectivity index (χ1v) is 7.54. The average Bonchev–Trinajstić information content (AvgIpc) is 2.55. The average molecular weight is 310 g/mol. The topological polar surface area (TPSA) is 50.4 Å². The minimum absolute atomic E-state index is 0.0998. The molecule has 0 aromatic heterocycles. The molecule has 4 heteroatoms. The SMILES string of the molecule is C=CCOc1ccccc1NCC(=O)Nc1cc(C)ccc1C. The van der Waals surface area contributed by atoms with Crippen LogP contribution in [0.5, 0.6) is 5.75 Å². The van der Waals surface area contributed by atoms with E-state index in [1.807, 2.05) is 56.3 Å². The smallest absolute Gasteiger partial charge is 0.243 e. The predicted octanol–water partition coefficient (Wildman–Crippen LogP) is 3.92. The molecule has 4 nitrogen and oxygen atoms in total. The summed E-state index contributed by atoms with van der Waals surface area (Å²) in [6.07, 6.45) is 1.68. The second-order valence-corrected chi connectivity index (χ2v) is 5.32. The fourth-order valence-electron chi connectivity index (χ4n) is 2.13. The lowest BCUT2D eigenvalue weighted by Crippen LogP contribution is -2.22. The molecule has 120 valence electrons. The zero-order valence-electron chi connectivity index (χ0n) is 13.6. The largest absolute Gasteiger partial charge is 0.487 e. The van der Waals surface area contributed by atoms with Gasteiger partial charge in [-0.05, 0) is 43.2 Å². The van der Waals surface area contributed by atoms with E-state index in [0.717, 1.165) is 22.5 Å². The van der Waals surface area contributed by atoms with Crippen molar-refractivity contribution in [2.45, 2.75) is 13.8 Å². The highest BCUT2D eigenvalue weighted by atomic mass is 16.5. The van der Waals surface area contributed by atoms with Crippen LogP contribution in [-0.4, -0.2) is 19.1 Å². The van der Waals surface area contributed by atoms with Gasteiger partial charge in [-0.1, -0.05) is 36.9 Å². The first kappa shape index (κ1) is 16.6. The summed E-state index contributed by atoms with van der Waals surface area (Å²) in [6.45, 7) is 8.20. The third-order valence-corrected chi connectivity index (χ3v) is 3.35. The van der Waals surface area contributed by atoms with Gasteiger partial charge in [-0.2, -0.15) is 0 Å². The van der Waals surface area contributed by atoms with E-state index in [9.17, 15) is 4.79 Å². The Hall–Kier alpha value is -2.75. The Bertz CT molecular complexity index is 696. The Balaban J connectivity index is 1.97. The molecule has 2 aromatic rings. The Labute approximate surface area is 137 Å². The molecule has 23 heavy (non-hydrogen) atoms. The lowest BCUT2D eigenvalue weighted by Gasteiger charge is -2.13. The zero-order valence-corrected chi connectivity index (χ0v) is 13.6. The van der Waals surface area contributed by atoms with Crippen LogP contribution in [0, 0.1) is 13.8 Å². The van der Waals surface area contributed by atoms with Crippen LogP contribution in [0.25, 0.3) is 0 Å². The van der Waals surface area contributed by atoms with Gasteiger partial charge in [0.25, 0.3) is 0 Å². The van der Waals surface area contributed by atoms with Crippen LogP contribution in [0.15, 0.2) is 55.1 Å². The van der Waals surface area contributed by atoms with E-state index in [1.54, 1.807) is 6.08 Å². The minimum atomic E-state index is -0.0998. The summed E-state index contributed by atoms with van der Waals surface area (Å²) in [7, 11) is 0. The molecule has 2 rings (SSSR count). The van der Waals surface area contributed by atoms with Gasteiger partial charge in [-0.15, -0.1) is 0 Å². The number of carbonyl (C=O) groups is 1. The highest BCUT2D eigenvalue weighted by molar-refractivity contribution is 5.94. The van der Waals surface area contributed by atoms with Gasteiger partial charge < -0.3 is 15.4 Å². The molecule has 0 spiro atoms. The third-order valence-electron chi connectivity index (χ3n) is 3.35. The normalized spacial score (nSPS) is 10.0. The molecule has 0 heterocycles. The number of hydrogen-bond acceptors (Lipinski definition) is 3. The summed E-state index contributed by atoms with van der Waals surface area (Å²) in [5.41, 5.74) is 3.78. The number of rotatable bonds is 7. The van der Waals surface area contributed by atoms with Gasteiger partial charge in [0.2, 0.25) is 5.91 Å². The molecular formula is C19H22N2O2. The molecule has 0 atom stereocenters. The number of anilines is 2. The molecule has 1 amide bonds. The van der Waals surface area contributed by atoms with Crippen molar-refractivity contribution in [2.75, 3.05) is 23.8 Å². The molecular weight excluding hydrogens is 288 g/mol. The van der Waals surface area contributed by atoms with Gasteiger partial charge in [-0.3, -0.25) is 4.79 Å². The van der Waals surface area contributed by atoms with Crippen molar-refractivity contribution in [1.82, 2.24) is 0 Å². The van der Waals surface area contributed by atoms with E-state index in [1.165, 1.54) is 0 Å². The number of nitrogens with one attached hydrogen (secondary N) is 2. The van der Waals surface area contributed by atoms with Crippen molar-refractivity contribution in [3.05, 3.63) is 66.2 Å². The first-order chi connectivity index (χ1) is 11.1. The quantitative estimate of drug-likeness (QED) is 0.762. The van der Waals surface area contributed by atoms with Crippen molar-refractivity contribution in [1.29, 1.82) is 0 Å². The molecule has 0 aliphatic carbocycles. The lowest BCUT2D eigenvalue weighted by molar-refractivity contribution is -0.114. The van der Waals surface area contributed by atoms with Crippen molar-refractivity contribution in [3.8, 4) is 5.75 Å². The standard InChI is InChI=1S/C19H22N2O2/c1-4-11-23-18-8-6-5-7-16(18)20-13-19(22)21-17-12-14(2)9-10-15(17)3/h4-10,12,20H,1,11,13H2,2-3H3,(H,21,22). The van der Waals surface area contributed by atoms with Crippen LogP contribution in [0.4, 0.5) is 11.4 Å². The van der Waals surface area contributed by atoms with Crippen LogP contribution in [0.1, 0.15) is 11.1 Å². The summed E-state index contributed by atoms with van der Waals surface area (Å²) < 4.78 is 5.56. The van der Waals surface area contributed by atoms with Crippen LogP contribution in [0.2, 0.25) is 0 Å². The van der Waals surface area contributed by atoms with Crippen LogP contribution >= 0.6 is 0 Å². The fourth-order valence-corrected chi connectivity index (χ4v) is 2.13. The number of hydrogen-bond donors (Lipinski definition) is 2. The van der Waals surface area contributed by atoms with Gasteiger partial charge in [-0.25, -0.2) is 0 Å². The summed E-state index contributed by atoms with van der Waals surface area (Å²) in [4.78, 5) is 12.1. The number of ether oxygens (including phenoxy) is 1. The molecule has 0 aliphatic rings. The molecule has 0 bridgehead atoms. The second kappa shape index (κ2) is 8.03. The highest BCUT2D eigenvalue weighted by Crippen LogP contribution is 2.23. The van der Waals surface area contributed by atoms with Crippen LogP contribution < -0.4 is 15.4 Å². The summed E-state index contributed by atoms with van der Waals surface area (Å²) >= 11 is 0. The molecule has 0 saturated carbocycles. The number of aryl methyl sites for hydroxylation is 2. The number of carbonyl (C=O) groups excluding carboxylic acids is 1. The zero-order chi connectivity index (χ0) is 16.7. The fraction of sp³-hybridized carbons (Fsp3) is 0.211. The first-order valence-electron chi connectivity index (χ1n) is 7.54. The van der Waals surface area contributed by atoms with Crippen LogP contribution in [-0.2, 0) is 4.79 Å². The Morgan fingerprint density at radius 1 is 1.17 bits per heavy atom. The Morgan fingerprint density at radius 3 is 2.74 bits per heavy atom. The van der Waals surface area contributed by atoms with E-state index in [4.69, 9.17) is 4.74 Å². The Morgan fingerprint density at radius 2 is 1.96 bits per heavy atom. The van der Waals surface area contributed by atoms with Crippen molar-refractivity contribution < 1.29 is 9.53 Å². The van der Waals surface area contributed by atoms with Crippen LogP contribution in [0.3, 0.4) is 0 Å². The van der Waals surface area contributed by atoms with E-state index in [2.05, 4.69) is 17.2 Å². The molecule has 2 aromatic carbocycles. The van der Waals surface area contributed by atoms with Gasteiger partial charge in [0.1, 0.15) is 12.4 Å². The van der Waals surface area contributed by atoms with Crippen molar-refractivity contribution >= 4 is 17.3 Å². The van der Waals surface area contributed by atoms with Crippen molar-refractivity contribution in [3.63, 3.8) is 0 Å². The highest BCUT2D eigenvalue weighted by Gasteiger charge is 2.07. The van der Waals surface area contributed by atoms with E-state index < -0.39 is 0 Å². The van der Waals surface area contributed by atoms with Crippen molar-refractivity contribution in [2.24, 2.45) is 0 Å². The second-order valence-electron chi connectivity index (χ2n) is 5.32. The molecule has 0 saturated heterocycles. The maximum atomic E-state index is 12.1. The summed E-state index contributed by atoms with van der Waals surface area (Å²) in [5.74, 6) is 0.601. The monoisotopic (exact) mass is 310 g/mol. The van der Waals surface area contributed by atoms with Gasteiger partial charge in [0, 0.05) is 5.69 Å². The third kappa shape index (κ3) is 4.88. The Kier molecular flexibility index (Phi) is 5.80. The van der Waals surface area contributed by atoms with Gasteiger partial charge in [0.15, 0.2) is 0 Å². The van der Waals surface area contributed by atoms with Gasteiger partial charge in [0.05, 0.1) is 12.2 Å². The summed E-state index contributed by atoms with van der Waals surface area (Å²) in [5, 5.41) is 6.03. The number of benzene rings is 2. The molecule has 0 aliphatic heterocycles. The molecule has 0 unspecified atom stereocenters. The molecule has 0 radical (unpaired) electrons. The molecule has 0 fully saturated rings. The van der Waals surface area contributed by atoms with E-state index in [0.29, 0.717) is 12.4 Å². The minimum Gasteiger partial charge on any atom is -0.487 e. The van der Waals surface area contributed by atoms with E-state index in [-0.39, 0.29) is 12.5 Å². The summed E-state index contributed by atoms with van der Waals surface area (Å²) in [6, 6.07) is 13.5. The predicted molar refractivity (Wildman–Crippen MR) is 95.2 cm³/mol. The van der Waals surface area contributed by atoms with E-state index >= 15 is 0 Å². The maximum Gasteiger partial charge on any atom is 0.243 e. The lowest BCUT2D eigenvalue weighted by atomic mass is 10.1. The number of amides is 1. The maximum absolute atomic E-state index is 12.1. The van der Waals surface area contributed by atoms with Gasteiger partial charge >= 0.3 is 0 Å². The molecule has 2 N–H and O–H groups in total. The number of para-hydroxylation sites is 2.